The second-order valence-corrected chi connectivity index (χ2v) is 1.84. The van der Waals surface area contributed by atoms with Crippen LogP contribution in [0, 0.1) is 0 Å². The van der Waals surface area contributed by atoms with Crippen molar-refractivity contribution >= 4 is 0 Å². The first kappa shape index (κ1) is 5.06. The smallest absolute Gasteiger partial charge is 0.0465 e. The van der Waals surface area contributed by atoms with E-state index in [2.05, 4.69) is 0 Å². The van der Waals surface area contributed by atoms with Gasteiger partial charge in [-0.3, -0.25) is 0 Å². The van der Waals surface area contributed by atoms with E-state index in [-0.39, 0.29) is 0 Å². The second-order valence-electron chi connectivity index (χ2n) is 1.84. The highest BCUT2D eigenvalue weighted by Gasteiger charge is 2.00. The fourth-order valence-electron chi connectivity index (χ4n) is 0.711. The Labute approximate surface area is 43.1 Å². The van der Waals surface area contributed by atoms with Crippen LogP contribution in [0.5, 0.6) is 0 Å². The first-order valence-electron chi connectivity index (χ1n) is 2.63. The number of rotatable bonds is 0. The van der Waals surface area contributed by atoms with Crippen molar-refractivity contribution in [3.63, 3.8) is 0 Å². The summed E-state index contributed by atoms with van der Waals surface area (Å²) in [6, 6.07) is 0. The SMILES string of the molecule is [O-][C@@H]1CCCOC1. The molecule has 0 radical (unpaired) electrons. The van der Waals surface area contributed by atoms with E-state index in [1.807, 2.05) is 0 Å². The summed E-state index contributed by atoms with van der Waals surface area (Å²) in [5.74, 6) is 0. The molecule has 1 saturated heterocycles. The number of hydrogen-bond donors (Lipinski definition) is 0. The third-order valence-corrected chi connectivity index (χ3v) is 1.12. The van der Waals surface area contributed by atoms with Crippen LogP contribution in [0.1, 0.15) is 12.8 Å². The zero-order valence-electron chi connectivity index (χ0n) is 4.22. The number of hydrogen-bond acceptors (Lipinski definition) is 2. The molecule has 0 unspecified atom stereocenters. The molecular formula is C5H9O2-. The molecule has 0 N–H and O–H groups in total. The van der Waals surface area contributed by atoms with Gasteiger partial charge in [-0.25, -0.2) is 0 Å². The summed E-state index contributed by atoms with van der Waals surface area (Å²) in [6.07, 6.45) is 1.32. The lowest BCUT2D eigenvalue weighted by Crippen LogP contribution is -2.34. The van der Waals surface area contributed by atoms with Crippen LogP contribution in [0.15, 0.2) is 0 Å². The van der Waals surface area contributed by atoms with Gasteiger partial charge in [0.05, 0.1) is 0 Å². The van der Waals surface area contributed by atoms with E-state index in [0.717, 1.165) is 19.4 Å². The van der Waals surface area contributed by atoms with Gasteiger partial charge in [0.1, 0.15) is 0 Å². The summed E-state index contributed by atoms with van der Waals surface area (Å²) in [5, 5.41) is 10.4. The van der Waals surface area contributed by atoms with E-state index < -0.39 is 6.10 Å². The van der Waals surface area contributed by atoms with Crippen LogP contribution in [0.4, 0.5) is 0 Å². The molecule has 1 atom stereocenters. The van der Waals surface area contributed by atoms with Gasteiger partial charge in [0.15, 0.2) is 0 Å². The van der Waals surface area contributed by atoms with E-state index in [1.165, 1.54) is 0 Å². The van der Waals surface area contributed by atoms with Gasteiger partial charge in [0.25, 0.3) is 0 Å². The predicted molar refractivity (Wildman–Crippen MR) is 23.8 cm³/mol. The number of ether oxygens (including phenoxy) is 1. The first-order chi connectivity index (χ1) is 3.39. The zero-order valence-corrected chi connectivity index (χ0v) is 4.22. The van der Waals surface area contributed by atoms with Crippen LogP contribution >= 0.6 is 0 Å². The highest BCUT2D eigenvalue weighted by Crippen LogP contribution is 2.01. The molecule has 0 aromatic carbocycles. The molecule has 7 heavy (non-hydrogen) atoms. The van der Waals surface area contributed by atoms with Gasteiger partial charge in [0.2, 0.25) is 0 Å². The first-order valence-corrected chi connectivity index (χ1v) is 2.63. The third-order valence-electron chi connectivity index (χ3n) is 1.12. The average Bonchev–Trinajstić information content (AvgIpc) is 1.69. The maximum atomic E-state index is 10.4. The van der Waals surface area contributed by atoms with Crippen molar-refractivity contribution in [3.05, 3.63) is 0 Å². The van der Waals surface area contributed by atoms with E-state index in [9.17, 15) is 5.11 Å². The van der Waals surface area contributed by atoms with E-state index in [4.69, 9.17) is 4.74 Å². The standard InChI is InChI=1S/C5H9O2/c6-5-2-1-3-7-4-5/h5H,1-4H2/q-1/t5-/m1/s1. The van der Waals surface area contributed by atoms with Crippen molar-refractivity contribution in [1.29, 1.82) is 0 Å². The van der Waals surface area contributed by atoms with Crippen LogP contribution in [0.3, 0.4) is 0 Å². The van der Waals surface area contributed by atoms with Crippen LogP contribution in [0.2, 0.25) is 0 Å². The Morgan fingerprint density at radius 3 is 2.71 bits per heavy atom. The van der Waals surface area contributed by atoms with Gasteiger partial charge in [-0.15, -0.1) is 6.10 Å². The molecule has 2 heteroatoms. The molecule has 0 saturated carbocycles. The Hall–Kier alpha value is -0.0800. The van der Waals surface area contributed by atoms with Crippen molar-refractivity contribution < 1.29 is 9.84 Å². The summed E-state index contributed by atoms with van der Waals surface area (Å²) in [7, 11) is 0. The maximum Gasteiger partial charge on any atom is 0.0465 e. The highest BCUT2D eigenvalue weighted by atomic mass is 16.5. The van der Waals surface area contributed by atoms with Gasteiger partial charge in [-0.1, -0.05) is 6.42 Å². The predicted octanol–water partition coefficient (Wildman–Crippen LogP) is -0.474. The van der Waals surface area contributed by atoms with Crippen molar-refractivity contribution in [3.8, 4) is 0 Å². The Morgan fingerprint density at radius 1 is 1.57 bits per heavy atom. The summed E-state index contributed by atoms with van der Waals surface area (Å²) in [5.41, 5.74) is 0. The molecule has 1 heterocycles. The Balaban J connectivity index is 2.12. The molecule has 0 aromatic rings. The summed E-state index contributed by atoms with van der Waals surface area (Å²) in [4.78, 5) is 0. The van der Waals surface area contributed by atoms with Gasteiger partial charge in [-0.2, -0.15) is 0 Å². The van der Waals surface area contributed by atoms with Crippen LogP contribution in [-0.2, 0) is 4.74 Å². The normalized spacial score (nSPS) is 33.0. The molecule has 42 valence electrons. The van der Waals surface area contributed by atoms with Crippen LogP contribution in [-0.4, -0.2) is 19.3 Å². The molecule has 1 aliphatic heterocycles. The maximum absolute atomic E-state index is 10.4. The Bertz CT molecular complexity index is 48.0. The van der Waals surface area contributed by atoms with Gasteiger partial charge >= 0.3 is 0 Å². The molecule has 1 aliphatic rings. The summed E-state index contributed by atoms with van der Waals surface area (Å²) >= 11 is 0. The molecule has 0 aromatic heterocycles. The summed E-state index contributed by atoms with van der Waals surface area (Å²) < 4.78 is 4.87. The van der Waals surface area contributed by atoms with Crippen molar-refractivity contribution in [1.82, 2.24) is 0 Å². The molecular weight excluding hydrogens is 92.1 g/mol. The van der Waals surface area contributed by atoms with E-state index >= 15 is 0 Å². The molecule has 2 nitrogen and oxygen atoms in total. The molecule has 1 rings (SSSR count). The average molecular weight is 101 g/mol. The van der Waals surface area contributed by atoms with Gasteiger partial charge in [-0.05, 0) is 6.42 Å². The second kappa shape index (κ2) is 2.28. The Morgan fingerprint density at radius 2 is 2.43 bits per heavy atom. The van der Waals surface area contributed by atoms with Crippen LogP contribution in [0.25, 0.3) is 0 Å². The Kier molecular flexibility index (Phi) is 1.65. The third kappa shape index (κ3) is 1.45. The van der Waals surface area contributed by atoms with Crippen molar-refractivity contribution in [2.45, 2.75) is 18.9 Å². The monoisotopic (exact) mass is 101 g/mol. The minimum atomic E-state index is -0.436. The van der Waals surface area contributed by atoms with Gasteiger partial charge in [0, 0.05) is 13.2 Å². The molecule has 1 fully saturated rings. The van der Waals surface area contributed by atoms with Crippen molar-refractivity contribution in [2.24, 2.45) is 0 Å². The molecule has 0 spiro atoms. The largest absolute Gasteiger partial charge is 0.850 e. The topological polar surface area (TPSA) is 32.3 Å². The minimum absolute atomic E-state index is 0.431. The molecule has 0 aliphatic carbocycles. The summed E-state index contributed by atoms with van der Waals surface area (Å²) in [6.45, 7) is 1.22. The molecule has 0 amide bonds. The lowest BCUT2D eigenvalue weighted by molar-refractivity contribution is -0.433. The van der Waals surface area contributed by atoms with Crippen LogP contribution < -0.4 is 5.11 Å². The lowest BCUT2D eigenvalue weighted by atomic mass is 10.2. The quantitative estimate of drug-likeness (QED) is 0.413. The van der Waals surface area contributed by atoms with Gasteiger partial charge < -0.3 is 9.84 Å². The van der Waals surface area contributed by atoms with Crippen molar-refractivity contribution in [2.75, 3.05) is 13.2 Å². The highest BCUT2D eigenvalue weighted by molar-refractivity contribution is 4.56. The zero-order chi connectivity index (χ0) is 5.11. The fourth-order valence-corrected chi connectivity index (χ4v) is 0.711. The van der Waals surface area contributed by atoms with E-state index in [1.54, 1.807) is 0 Å². The minimum Gasteiger partial charge on any atom is -0.850 e. The van der Waals surface area contributed by atoms with E-state index in [0.29, 0.717) is 6.61 Å². The fraction of sp³-hybridized carbons (Fsp3) is 1.00. The molecule has 0 bridgehead atoms. The lowest BCUT2D eigenvalue weighted by Gasteiger charge is -2.26.